The van der Waals surface area contributed by atoms with Crippen LogP contribution in [0.3, 0.4) is 0 Å². The molecular weight excluding hydrogens is 1150 g/mol. The molecule has 17 nitrogen and oxygen atoms in total. The van der Waals surface area contributed by atoms with E-state index in [4.69, 9.17) is 18.3 Å². The minimum atomic E-state index is -4.28. The molecule has 0 spiro atoms. The molecule has 0 saturated carbocycles. The van der Waals surface area contributed by atoms with Crippen LogP contribution in [0.25, 0.3) is 22.2 Å². The van der Waals surface area contributed by atoms with Crippen molar-refractivity contribution < 1.29 is 90.9 Å². The summed E-state index contributed by atoms with van der Waals surface area (Å²) in [6.07, 6.45) is -10.4. The molecule has 4 heterocycles. The number of nitrogens with two attached hydrogens (primary N) is 1. The van der Waals surface area contributed by atoms with E-state index >= 15 is 0 Å². The highest BCUT2D eigenvalue weighted by molar-refractivity contribution is 6.38. The number of halogens is 11. The van der Waals surface area contributed by atoms with Crippen molar-refractivity contribution in [1.82, 2.24) is 14.9 Å². The molecule has 2 aromatic heterocycles. The van der Waals surface area contributed by atoms with Gasteiger partial charge >= 0.3 is 29.8 Å². The second-order valence-electron chi connectivity index (χ2n) is 18.7. The summed E-state index contributed by atoms with van der Waals surface area (Å²) in [4.78, 5) is 92.0. The Morgan fingerprint density at radius 3 is 1.80 bits per heavy atom. The highest BCUT2D eigenvalue weighted by Crippen LogP contribution is 2.45. The number of ether oxygens (including phenoxy) is 3. The average Bonchev–Trinajstić information content (AvgIpc) is 2.57. The smallest absolute Gasteiger partial charge is 0.417 e. The standard InChI is InChI=1S/C27H24F5N3O4.C13H11NO6.C12H13F3O2.C3H7F2N.ClH/c1-14-11-15(7-8-19(14)38-10-4-9-27(30,31)32)22-20-17(24(36)35(22)13-26(2,28)29)12-33-21(20)16-5-3-6-18-23(16)39-25(37)34-18;1-2-19-12(17)10(16)6-9(15)7-4-3-5-8-11(7)20-13(18)14-8;1-9-7-10(8-16)3-4-11(9)17-6-2-5-12(13,14)15;1-3(4,5)2-6;/h3,5-8,11,22H,4,9-10,12-13H2,1-2H3,(H,34,37);3-5H,2,6H2,1H3,(H,14,18);3-4,7-8H,2,5-6H2,1H3;2,6H2,1H3;1H. The molecule has 2 aliphatic rings. The highest BCUT2D eigenvalue weighted by atomic mass is 35.5. The van der Waals surface area contributed by atoms with Crippen molar-refractivity contribution in [3.63, 3.8) is 0 Å². The third-order valence-electron chi connectivity index (χ3n) is 11.7. The molecule has 28 heteroatoms. The van der Waals surface area contributed by atoms with Crippen LogP contribution in [-0.4, -0.2) is 114 Å². The van der Waals surface area contributed by atoms with Crippen LogP contribution in [0.4, 0.5) is 43.9 Å². The molecule has 1 amide bonds. The van der Waals surface area contributed by atoms with Crippen LogP contribution in [0.1, 0.15) is 102 Å². The van der Waals surface area contributed by atoms with Gasteiger partial charge in [0.05, 0.1) is 74.2 Å². The van der Waals surface area contributed by atoms with E-state index in [0.29, 0.717) is 62.4 Å². The number of carbonyl (C=O) groups excluding carboxylic acids is 5. The summed E-state index contributed by atoms with van der Waals surface area (Å²) in [7, 11) is 0. The molecule has 0 aliphatic carbocycles. The molecule has 0 radical (unpaired) electrons. The zero-order valence-electron chi connectivity index (χ0n) is 44.9. The molecule has 1 atom stereocenters. The van der Waals surface area contributed by atoms with Gasteiger partial charge in [0.25, 0.3) is 17.8 Å². The van der Waals surface area contributed by atoms with E-state index in [1.165, 1.54) is 12.1 Å². The molecule has 0 fully saturated rings. The van der Waals surface area contributed by atoms with Crippen molar-refractivity contribution in [2.24, 2.45) is 10.7 Å². The number of aliphatic imine (C=N–C) groups is 1. The number of nitrogens with zero attached hydrogens (tertiary/aromatic N) is 2. The van der Waals surface area contributed by atoms with E-state index in [-0.39, 0.29) is 73.9 Å². The maximum absolute atomic E-state index is 14.2. The van der Waals surface area contributed by atoms with Gasteiger partial charge in [-0.1, -0.05) is 18.2 Å². The Morgan fingerprint density at radius 1 is 0.759 bits per heavy atom. The number of hydrogen-bond donors (Lipinski definition) is 3. The number of fused-ring (bicyclic) bond motifs is 2. The number of aryl methyl sites for hydroxylation is 2. The normalized spacial score (nSPS) is 14.1. The fraction of sp³-hybridized carbons (Fsp3) is 0.382. The molecular formula is C55H56ClF10N5O12. The second kappa shape index (κ2) is 28.8. The first kappa shape index (κ1) is 67.4. The van der Waals surface area contributed by atoms with E-state index in [0.717, 1.165) is 24.3 Å². The minimum Gasteiger partial charge on any atom is -0.493 e. The monoisotopic (exact) mass is 1200 g/mol. The molecule has 4 N–H and O–H groups in total. The maximum Gasteiger partial charge on any atom is 0.417 e. The number of aromatic nitrogens is 2. The number of aromatic amines is 2. The van der Waals surface area contributed by atoms with Crippen LogP contribution in [0.15, 0.2) is 107 Å². The van der Waals surface area contributed by atoms with Gasteiger partial charge in [-0.2, -0.15) is 26.3 Å². The van der Waals surface area contributed by atoms with Crippen molar-refractivity contribution in [3.8, 4) is 11.5 Å². The van der Waals surface area contributed by atoms with Crippen LogP contribution in [0, 0.1) is 13.8 Å². The SMILES string of the molecule is CC(F)(F)CN.CCOC(=O)C(=O)CC(=O)c1cccc2[nH]c(=O)oc12.Cc1cc(C2C3=C(CN=C3c3cccc4[nH]c(=O)oc34)C(=O)N2CC(C)(F)F)ccc1OCCCC(F)(F)F.Cc1cc(C=O)ccc1OCCCC(F)(F)F.Cl. The van der Waals surface area contributed by atoms with Crippen molar-refractivity contribution in [1.29, 1.82) is 0 Å². The lowest BCUT2D eigenvalue weighted by atomic mass is 9.90. The molecule has 0 bridgehead atoms. The van der Waals surface area contributed by atoms with E-state index in [1.54, 1.807) is 81.4 Å². The molecule has 8 rings (SSSR count). The van der Waals surface area contributed by atoms with Gasteiger partial charge in [0, 0.05) is 49.0 Å². The zero-order chi connectivity index (χ0) is 60.9. The van der Waals surface area contributed by atoms with Gasteiger partial charge < -0.3 is 33.7 Å². The molecule has 0 saturated heterocycles. The number of ketones is 2. The number of hydrogen-bond acceptors (Lipinski definition) is 14. The summed E-state index contributed by atoms with van der Waals surface area (Å²) in [6, 6.07) is 18.2. The molecule has 450 valence electrons. The van der Waals surface area contributed by atoms with Gasteiger partial charge in [0.2, 0.25) is 5.78 Å². The van der Waals surface area contributed by atoms with Crippen LogP contribution in [0.2, 0.25) is 0 Å². The number of benzene rings is 4. The van der Waals surface area contributed by atoms with Crippen molar-refractivity contribution >= 4 is 70.0 Å². The fourth-order valence-corrected chi connectivity index (χ4v) is 8.13. The predicted octanol–water partition coefficient (Wildman–Crippen LogP) is 10.9. The summed E-state index contributed by atoms with van der Waals surface area (Å²) in [5.41, 5.74) is 9.57. The van der Waals surface area contributed by atoms with E-state index in [2.05, 4.69) is 25.4 Å². The van der Waals surface area contributed by atoms with E-state index in [9.17, 15) is 77.5 Å². The van der Waals surface area contributed by atoms with Crippen molar-refractivity contribution in [2.45, 2.75) is 97.0 Å². The number of nitrogens with one attached hydrogen (secondary N) is 2. The number of alkyl halides is 10. The molecule has 1 unspecified atom stereocenters. The van der Waals surface area contributed by atoms with Gasteiger partial charge in [-0.3, -0.25) is 34.1 Å². The number of amides is 1. The Balaban J connectivity index is 0.000000281. The van der Waals surface area contributed by atoms with Crippen molar-refractivity contribution in [2.75, 3.05) is 39.5 Å². The number of carbonyl (C=O) groups is 5. The number of para-hydroxylation sites is 2. The zero-order valence-corrected chi connectivity index (χ0v) is 45.7. The van der Waals surface area contributed by atoms with Crippen LogP contribution < -0.4 is 26.7 Å². The Morgan fingerprint density at radius 2 is 1.29 bits per heavy atom. The van der Waals surface area contributed by atoms with Gasteiger partial charge in [-0.15, -0.1) is 12.4 Å². The average molecular weight is 1200 g/mol. The lowest BCUT2D eigenvalue weighted by Gasteiger charge is -2.31. The topological polar surface area (TPSA) is 247 Å². The Kier molecular flexibility index (Phi) is 23.4. The third-order valence-corrected chi connectivity index (χ3v) is 11.7. The number of H-pyrrole nitrogens is 2. The summed E-state index contributed by atoms with van der Waals surface area (Å²) in [6.45, 7) is 5.01. The summed E-state index contributed by atoms with van der Waals surface area (Å²) < 4.78 is 149. The van der Waals surface area contributed by atoms with Gasteiger partial charge in [0.1, 0.15) is 17.8 Å². The summed E-state index contributed by atoms with van der Waals surface area (Å²) in [5, 5.41) is 0. The third kappa shape index (κ3) is 19.5. The van der Waals surface area contributed by atoms with Crippen molar-refractivity contribution in [3.05, 3.63) is 138 Å². The predicted molar refractivity (Wildman–Crippen MR) is 284 cm³/mol. The number of rotatable bonds is 19. The van der Waals surface area contributed by atoms with Gasteiger partial charge in [-0.05, 0) is 105 Å². The van der Waals surface area contributed by atoms with Gasteiger partial charge in [-0.25, -0.2) is 31.9 Å². The first-order valence-corrected chi connectivity index (χ1v) is 24.9. The number of esters is 1. The molecule has 83 heavy (non-hydrogen) atoms. The molecule has 6 aromatic rings. The van der Waals surface area contributed by atoms with Gasteiger partial charge in [0.15, 0.2) is 16.9 Å². The summed E-state index contributed by atoms with van der Waals surface area (Å²) >= 11 is 0. The van der Waals surface area contributed by atoms with Crippen LogP contribution in [0.5, 0.6) is 11.5 Å². The first-order valence-electron chi connectivity index (χ1n) is 24.9. The second-order valence-corrected chi connectivity index (χ2v) is 18.7. The lowest BCUT2D eigenvalue weighted by Crippen LogP contribution is -2.40. The highest BCUT2D eigenvalue weighted by Gasteiger charge is 2.47. The Hall–Kier alpha value is -8.07. The Labute approximate surface area is 471 Å². The number of Topliss-reactive ketones (excluding diaryl/α,β-unsaturated/α-hetero) is 2. The fourth-order valence-electron chi connectivity index (χ4n) is 8.13. The molecule has 4 aromatic carbocycles. The minimum absolute atomic E-state index is 0. The summed E-state index contributed by atoms with van der Waals surface area (Å²) in [5.74, 6) is -9.54. The number of aldehydes is 1. The first-order chi connectivity index (χ1) is 38.3. The Bertz CT molecular complexity index is 3460. The molecule has 2 aliphatic heterocycles. The largest absolute Gasteiger partial charge is 0.493 e. The quantitative estimate of drug-likeness (QED) is 0.0130. The van der Waals surface area contributed by atoms with E-state index in [1.807, 2.05) is 0 Å². The number of oxazole rings is 2. The van der Waals surface area contributed by atoms with Crippen LogP contribution in [-0.2, 0) is 19.1 Å². The van der Waals surface area contributed by atoms with Crippen LogP contribution >= 0.6 is 12.4 Å². The lowest BCUT2D eigenvalue weighted by molar-refractivity contribution is -0.153. The maximum atomic E-state index is 14.2. The van der Waals surface area contributed by atoms with E-state index < -0.39 is 97.5 Å².